The first kappa shape index (κ1) is 10.4. The van der Waals surface area contributed by atoms with E-state index in [1.54, 1.807) is 6.20 Å². The van der Waals surface area contributed by atoms with Crippen molar-refractivity contribution >= 4 is 23.7 Å². The summed E-state index contributed by atoms with van der Waals surface area (Å²) in [5, 5.41) is 0. The third-order valence-electron chi connectivity index (χ3n) is 2.58. The predicted molar refractivity (Wildman–Crippen MR) is 69.0 cm³/mol. The quantitative estimate of drug-likeness (QED) is 0.682. The number of imidazole rings is 1. The third kappa shape index (κ3) is 1.82. The predicted octanol–water partition coefficient (Wildman–Crippen LogP) is 2.96. The number of aryl methyl sites for hydroxylation is 1. The highest BCUT2D eigenvalue weighted by atomic mass is 32.1. The van der Waals surface area contributed by atoms with E-state index in [0.29, 0.717) is 11.6 Å². The van der Waals surface area contributed by atoms with Crippen LogP contribution in [0.15, 0.2) is 28.8 Å². The molecule has 0 aliphatic heterocycles. The molecule has 17 heavy (non-hydrogen) atoms. The van der Waals surface area contributed by atoms with Crippen LogP contribution in [-0.2, 0) is 5.75 Å². The third-order valence-corrected chi connectivity index (χ3v) is 2.88. The van der Waals surface area contributed by atoms with Crippen LogP contribution in [0.4, 0.5) is 0 Å². The number of aromatic nitrogens is 3. The first-order valence-electron chi connectivity index (χ1n) is 5.28. The zero-order chi connectivity index (χ0) is 11.8. The topological polar surface area (TPSA) is 54.7 Å². The number of H-pyrrole nitrogens is 1. The average Bonchev–Trinajstić information content (AvgIpc) is 2.92. The minimum atomic E-state index is 0.602. The molecule has 3 aromatic rings. The zero-order valence-corrected chi connectivity index (χ0v) is 10.2. The number of benzene rings is 1. The van der Waals surface area contributed by atoms with Gasteiger partial charge in [-0.05, 0) is 18.2 Å². The Morgan fingerprint density at radius 1 is 1.41 bits per heavy atom. The molecule has 4 nitrogen and oxygen atoms in total. The number of hydrogen-bond acceptors (Lipinski definition) is 4. The van der Waals surface area contributed by atoms with E-state index >= 15 is 0 Å². The van der Waals surface area contributed by atoms with Gasteiger partial charge in [0.15, 0.2) is 11.5 Å². The Morgan fingerprint density at radius 2 is 2.29 bits per heavy atom. The van der Waals surface area contributed by atoms with Crippen LogP contribution in [0.3, 0.4) is 0 Å². The normalized spacial score (nSPS) is 11.2. The number of aromatic amines is 1. The molecule has 1 aromatic carbocycles. The summed E-state index contributed by atoms with van der Waals surface area (Å²) in [5.41, 5.74) is 3.69. The van der Waals surface area contributed by atoms with Gasteiger partial charge in [-0.2, -0.15) is 12.6 Å². The van der Waals surface area contributed by atoms with Crippen LogP contribution >= 0.6 is 12.6 Å². The molecule has 1 N–H and O–H groups in total. The number of thiol groups is 1. The molecule has 0 aliphatic rings. The van der Waals surface area contributed by atoms with Crippen LogP contribution in [0, 0.1) is 6.92 Å². The minimum absolute atomic E-state index is 0.602. The summed E-state index contributed by atoms with van der Waals surface area (Å²) in [6.45, 7) is 1.84. The fourth-order valence-corrected chi connectivity index (χ4v) is 1.96. The number of hydrogen-bond donors (Lipinski definition) is 2. The minimum Gasteiger partial charge on any atom is -0.441 e. The SMILES string of the molecule is Cc1nc2cc(-c3cnc(CS)[nH]3)ccc2o1. The van der Waals surface area contributed by atoms with E-state index in [0.717, 1.165) is 28.2 Å². The molecule has 0 atom stereocenters. The van der Waals surface area contributed by atoms with Gasteiger partial charge in [-0.1, -0.05) is 0 Å². The maximum absolute atomic E-state index is 5.44. The van der Waals surface area contributed by atoms with E-state index in [4.69, 9.17) is 4.42 Å². The lowest BCUT2D eigenvalue weighted by atomic mass is 10.1. The molecule has 0 spiro atoms. The Hall–Kier alpha value is -1.75. The van der Waals surface area contributed by atoms with E-state index in [1.807, 2.05) is 25.1 Å². The van der Waals surface area contributed by atoms with E-state index in [1.165, 1.54) is 0 Å². The number of fused-ring (bicyclic) bond motifs is 1. The number of nitrogens with zero attached hydrogens (tertiary/aromatic N) is 2. The molecule has 0 aliphatic carbocycles. The van der Waals surface area contributed by atoms with Crippen molar-refractivity contribution in [2.45, 2.75) is 12.7 Å². The Balaban J connectivity index is 2.10. The second-order valence-electron chi connectivity index (χ2n) is 3.82. The van der Waals surface area contributed by atoms with Crippen molar-refractivity contribution in [3.05, 3.63) is 36.1 Å². The molecule has 0 bridgehead atoms. The molecule has 0 amide bonds. The summed E-state index contributed by atoms with van der Waals surface area (Å²) in [6.07, 6.45) is 1.81. The van der Waals surface area contributed by atoms with Crippen molar-refractivity contribution in [3.8, 4) is 11.3 Å². The van der Waals surface area contributed by atoms with Gasteiger partial charge in [0, 0.05) is 18.2 Å². The zero-order valence-electron chi connectivity index (χ0n) is 9.27. The van der Waals surface area contributed by atoms with Gasteiger partial charge in [-0.25, -0.2) is 9.97 Å². The second kappa shape index (κ2) is 3.92. The molecule has 2 heterocycles. The monoisotopic (exact) mass is 245 g/mol. The molecule has 0 saturated carbocycles. The van der Waals surface area contributed by atoms with Crippen LogP contribution in [0.25, 0.3) is 22.4 Å². The summed E-state index contributed by atoms with van der Waals surface area (Å²) in [5.74, 6) is 2.14. The van der Waals surface area contributed by atoms with Gasteiger partial charge in [0.05, 0.1) is 11.9 Å². The van der Waals surface area contributed by atoms with Crippen LogP contribution in [0.5, 0.6) is 0 Å². The first-order valence-corrected chi connectivity index (χ1v) is 5.92. The van der Waals surface area contributed by atoms with Crippen molar-refractivity contribution < 1.29 is 4.42 Å². The highest BCUT2D eigenvalue weighted by Gasteiger charge is 2.06. The first-order chi connectivity index (χ1) is 8.26. The Bertz CT molecular complexity index is 671. The molecular weight excluding hydrogens is 234 g/mol. The summed E-state index contributed by atoms with van der Waals surface area (Å²) in [4.78, 5) is 11.7. The molecule has 3 rings (SSSR count). The standard InChI is InChI=1S/C12H11N3OS/c1-7-14-9-4-8(2-3-11(9)16-7)10-5-13-12(6-17)15-10/h2-5,17H,6H2,1H3,(H,13,15). The Morgan fingerprint density at radius 3 is 3.06 bits per heavy atom. The van der Waals surface area contributed by atoms with Crippen molar-refractivity contribution in [1.82, 2.24) is 15.0 Å². The number of nitrogens with one attached hydrogen (secondary N) is 1. The summed E-state index contributed by atoms with van der Waals surface area (Å²) in [7, 11) is 0. The van der Waals surface area contributed by atoms with Crippen LogP contribution in [0.1, 0.15) is 11.7 Å². The lowest BCUT2D eigenvalue weighted by Gasteiger charge is -1.96. The van der Waals surface area contributed by atoms with Crippen molar-refractivity contribution in [2.75, 3.05) is 0 Å². The van der Waals surface area contributed by atoms with Gasteiger partial charge < -0.3 is 9.40 Å². The van der Waals surface area contributed by atoms with Gasteiger partial charge in [0.1, 0.15) is 11.3 Å². The highest BCUT2D eigenvalue weighted by molar-refractivity contribution is 7.79. The summed E-state index contributed by atoms with van der Waals surface area (Å²) in [6, 6.07) is 5.90. The van der Waals surface area contributed by atoms with Crippen molar-refractivity contribution in [1.29, 1.82) is 0 Å². The van der Waals surface area contributed by atoms with Crippen LogP contribution in [0.2, 0.25) is 0 Å². The van der Waals surface area contributed by atoms with Crippen LogP contribution in [-0.4, -0.2) is 15.0 Å². The molecule has 0 fully saturated rings. The fourth-order valence-electron chi connectivity index (χ4n) is 1.80. The molecule has 2 aromatic heterocycles. The molecule has 0 radical (unpaired) electrons. The van der Waals surface area contributed by atoms with E-state index in [9.17, 15) is 0 Å². The van der Waals surface area contributed by atoms with Crippen molar-refractivity contribution in [3.63, 3.8) is 0 Å². The highest BCUT2D eigenvalue weighted by Crippen LogP contribution is 2.23. The van der Waals surface area contributed by atoms with Gasteiger partial charge in [-0.15, -0.1) is 0 Å². The Labute approximate surface area is 103 Å². The lowest BCUT2D eigenvalue weighted by molar-refractivity contribution is 0.561. The van der Waals surface area contributed by atoms with Gasteiger partial charge in [0.2, 0.25) is 0 Å². The molecule has 0 unspecified atom stereocenters. The van der Waals surface area contributed by atoms with E-state index < -0.39 is 0 Å². The van der Waals surface area contributed by atoms with E-state index in [-0.39, 0.29) is 0 Å². The Kier molecular flexibility index (Phi) is 2.40. The summed E-state index contributed by atoms with van der Waals surface area (Å²) >= 11 is 4.18. The van der Waals surface area contributed by atoms with Crippen molar-refractivity contribution in [2.24, 2.45) is 0 Å². The number of rotatable bonds is 2. The lowest BCUT2D eigenvalue weighted by Crippen LogP contribution is -1.81. The van der Waals surface area contributed by atoms with Gasteiger partial charge >= 0.3 is 0 Å². The average molecular weight is 245 g/mol. The maximum atomic E-state index is 5.44. The summed E-state index contributed by atoms with van der Waals surface area (Å²) < 4.78 is 5.44. The maximum Gasteiger partial charge on any atom is 0.192 e. The largest absolute Gasteiger partial charge is 0.441 e. The second-order valence-corrected chi connectivity index (χ2v) is 4.13. The van der Waals surface area contributed by atoms with Crippen LogP contribution < -0.4 is 0 Å². The molecular formula is C12H11N3OS. The molecule has 86 valence electrons. The van der Waals surface area contributed by atoms with E-state index in [2.05, 4.69) is 27.6 Å². The van der Waals surface area contributed by atoms with Gasteiger partial charge in [-0.3, -0.25) is 0 Å². The molecule has 0 saturated heterocycles. The molecule has 5 heteroatoms. The van der Waals surface area contributed by atoms with Gasteiger partial charge in [0.25, 0.3) is 0 Å². The number of oxazole rings is 1. The smallest absolute Gasteiger partial charge is 0.192 e. The fraction of sp³-hybridized carbons (Fsp3) is 0.167.